The molecule has 0 saturated heterocycles. The van der Waals surface area contributed by atoms with Crippen molar-refractivity contribution in [1.29, 1.82) is 5.26 Å². The Hall–Kier alpha value is -3.85. The van der Waals surface area contributed by atoms with Gasteiger partial charge in [-0.25, -0.2) is 4.98 Å². The number of nitriles is 1. The lowest BCUT2D eigenvalue weighted by Gasteiger charge is -2.02. The minimum absolute atomic E-state index is 0.107. The van der Waals surface area contributed by atoms with Crippen LogP contribution in [0.15, 0.2) is 42.6 Å². The fourth-order valence-corrected chi connectivity index (χ4v) is 3.43. The van der Waals surface area contributed by atoms with E-state index in [1.54, 1.807) is 6.08 Å². The number of rotatable bonds is 4. The first-order valence-electron chi connectivity index (χ1n) is 9.24. The highest BCUT2D eigenvalue weighted by Gasteiger charge is 2.13. The fraction of sp³-hybridized carbons (Fsp3) is 0.174. The number of aromatic nitrogens is 3. The minimum Gasteiger partial charge on any atom is -0.468 e. The van der Waals surface area contributed by atoms with Crippen LogP contribution in [0.3, 0.4) is 0 Å². The molecule has 1 N–H and O–H groups in total. The normalized spacial score (nSPS) is 11.7. The largest absolute Gasteiger partial charge is 0.468 e. The number of aromatic amines is 1. The molecular formula is C23H20N4O2. The summed E-state index contributed by atoms with van der Waals surface area (Å²) >= 11 is 0. The van der Waals surface area contributed by atoms with Crippen LogP contribution in [-0.2, 0) is 16.1 Å². The van der Waals surface area contributed by atoms with Gasteiger partial charge in [-0.1, -0.05) is 18.2 Å². The minimum atomic E-state index is -0.329. The van der Waals surface area contributed by atoms with Gasteiger partial charge in [0.15, 0.2) is 0 Å². The number of ether oxygens (including phenoxy) is 1. The number of methoxy groups -OCH3 is 1. The maximum atomic E-state index is 11.8. The number of hydrogen-bond acceptors (Lipinski definition) is 4. The topological polar surface area (TPSA) is 83.7 Å². The summed E-state index contributed by atoms with van der Waals surface area (Å²) in [6.45, 7) is 4.20. The number of benzene rings is 2. The molecule has 4 aromatic rings. The average Bonchev–Trinajstić information content (AvgIpc) is 3.27. The zero-order valence-electron chi connectivity index (χ0n) is 16.5. The van der Waals surface area contributed by atoms with Crippen molar-refractivity contribution in [1.82, 2.24) is 14.5 Å². The number of carbonyl (C=O) groups is 1. The number of nitrogens with one attached hydrogen (secondary N) is 1. The van der Waals surface area contributed by atoms with Gasteiger partial charge in [0.1, 0.15) is 18.4 Å². The highest BCUT2D eigenvalue weighted by atomic mass is 16.5. The summed E-state index contributed by atoms with van der Waals surface area (Å²) in [6, 6.07) is 14.1. The van der Waals surface area contributed by atoms with E-state index in [1.165, 1.54) is 12.7 Å². The number of esters is 1. The van der Waals surface area contributed by atoms with Crippen LogP contribution < -0.4 is 0 Å². The molecular weight excluding hydrogens is 364 g/mol. The smallest absolute Gasteiger partial charge is 0.325 e. The monoisotopic (exact) mass is 384 g/mol. The van der Waals surface area contributed by atoms with Crippen LogP contribution in [0.2, 0.25) is 0 Å². The summed E-state index contributed by atoms with van der Waals surface area (Å²) in [5.41, 5.74) is 6.23. The second kappa shape index (κ2) is 7.28. The van der Waals surface area contributed by atoms with Gasteiger partial charge in [-0.15, -0.1) is 0 Å². The molecule has 4 rings (SSSR count). The van der Waals surface area contributed by atoms with Crippen LogP contribution in [0.1, 0.15) is 22.5 Å². The standard InChI is InChI=1S/C23H20N4O2/c1-14-8-19-20(9-15(14)2)26-23(25-19)16(11-24)10-17-12-27(13-22(28)29-3)21-7-5-4-6-18(17)21/h4-10,12H,13H2,1-3H3,(H,25,26)/b16-10-. The van der Waals surface area contributed by atoms with Crippen molar-refractivity contribution in [3.63, 3.8) is 0 Å². The summed E-state index contributed by atoms with van der Waals surface area (Å²) in [5.74, 6) is 0.196. The molecule has 0 fully saturated rings. The molecule has 2 heterocycles. The molecule has 0 bridgehead atoms. The predicted octanol–water partition coefficient (Wildman–Crippen LogP) is 4.37. The number of aryl methyl sites for hydroxylation is 2. The van der Waals surface area contributed by atoms with Crippen LogP contribution >= 0.6 is 0 Å². The highest BCUT2D eigenvalue weighted by Crippen LogP contribution is 2.27. The van der Waals surface area contributed by atoms with Crippen LogP contribution in [-0.4, -0.2) is 27.6 Å². The van der Waals surface area contributed by atoms with E-state index >= 15 is 0 Å². The second-order valence-corrected chi connectivity index (χ2v) is 7.01. The third kappa shape index (κ3) is 3.39. The van der Waals surface area contributed by atoms with Crippen LogP contribution in [0.4, 0.5) is 0 Å². The zero-order chi connectivity index (χ0) is 20.5. The van der Waals surface area contributed by atoms with Crippen LogP contribution in [0, 0.1) is 25.2 Å². The van der Waals surface area contributed by atoms with Crippen LogP contribution in [0.5, 0.6) is 0 Å². The van der Waals surface area contributed by atoms with E-state index in [2.05, 4.69) is 16.0 Å². The van der Waals surface area contributed by atoms with Gasteiger partial charge < -0.3 is 14.3 Å². The molecule has 0 aliphatic heterocycles. The maximum absolute atomic E-state index is 11.8. The third-order valence-corrected chi connectivity index (χ3v) is 5.12. The Labute approximate surface area is 168 Å². The molecule has 144 valence electrons. The Morgan fingerprint density at radius 2 is 2.03 bits per heavy atom. The number of para-hydroxylation sites is 1. The van der Waals surface area contributed by atoms with Crippen molar-refractivity contribution in [2.24, 2.45) is 0 Å². The Morgan fingerprint density at radius 1 is 1.28 bits per heavy atom. The van der Waals surface area contributed by atoms with Crippen molar-refractivity contribution < 1.29 is 9.53 Å². The number of hydrogen-bond donors (Lipinski definition) is 1. The maximum Gasteiger partial charge on any atom is 0.325 e. The summed E-state index contributed by atoms with van der Waals surface area (Å²) in [5, 5.41) is 10.7. The Balaban J connectivity index is 1.83. The van der Waals surface area contributed by atoms with Gasteiger partial charge in [0.05, 0.1) is 23.7 Å². The van der Waals surface area contributed by atoms with Crippen molar-refractivity contribution in [2.45, 2.75) is 20.4 Å². The van der Waals surface area contributed by atoms with E-state index in [0.29, 0.717) is 11.4 Å². The fourth-order valence-electron chi connectivity index (χ4n) is 3.43. The quantitative estimate of drug-likeness (QED) is 0.418. The first-order valence-corrected chi connectivity index (χ1v) is 9.24. The van der Waals surface area contributed by atoms with E-state index in [1.807, 2.05) is 61.0 Å². The van der Waals surface area contributed by atoms with E-state index in [4.69, 9.17) is 4.74 Å². The lowest BCUT2D eigenvalue weighted by atomic mass is 10.1. The number of fused-ring (bicyclic) bond motifs is 2. The molecule has 6 nitrogen and oxygen atoms in total. The van der Waals surface area contributed by atoms with Crippen molar-refractivity contribution in [3.8, 4) is 6.07 Å². The molecule has 2 aromatic carbocycles. The van der Waals surface area contributed by atoms with E-state index < -0.39 is 0 Å². The summed E-state index contributed by atoms with van der Waals surface area (Å²) in [4.78, 5) is 19.6. The lowest BCUT2D eigenvalue weighted by molar-refractivity contribution is -0.141. The molecule has 0 atom stereocenters. The van der Waals surface area contributed by atoms with Gasteiger partial charge in [-0.3, -0.25) is 4.79 Å². The van der Waals surface area contributed by atoms with E-state index in [-0.39, 0.29) is 12.5 Å². The zero-order valence-corrected chi connectivity index (χ0v) is 16.5. The van der Waals surface area contributed by atoms with Crippen LogP contribution in [0.25, 0.3) is 33.6 Å². The molecule has 0 spiro atoms. The molecule has 0 aliphatic rings. The number of allylic oxidation sites excluding steroid dienone is 1. The number of nitrogens with zero attached hydrogens (tertiary/aromatic N) is 3. The Morgan fingerprint density at radius 3 is 2.79 bits per heavy atom. The number of H-pyrrole nitrogens is 1. The number of carbonyl (C=O) groups excluding carboxylic acids is 1. The van der Waals surface area contributed by atoms with E-state index in [9.17, 15) is 10.1 Å². The first-order chi connectivity index (χ1) is 14.0. The molecule has 6 heteroatoms. The van der Waals surface area contributed by atoms with Gasteiger partial charge >= 0.3 is 5.97 Å². The lowest BCUT2D eigenvalue weighted by Crippen LogP contribution is -2.10. The van der Waals surface area contributed by atoms with Crippen molar-refractivity contribution in [3.05, 3.63) is 65.1 Å². The molecule has 0 aliphatic carbocycles. The molecule has 0 amide bonds. The van der Waals surface area contributed by atoms with Crippen molar-refractivity contribution >= 4 is 39.6 Å². The SMILES string of the molecule is COC(=O)Cn1cc(/C=C(/C#N)c2nc3cc(C)c(C)cc3[nH]2)c2ccccc21. The molecule has 0 radical (unpaired) electrons. The van der Waals surface area contributed by atoms with Crippen molar-refractivity contribution in [2.75, 3.05) is 7.11 Å². The van der Waals surface area contributed by atoms with Gasteiger partial charge in [-0.2, -0.15) is 5.26 Å². The van der Waals surface area contributed by atoms with Gasteiger partial charge in [0.25, 0.3) is 0 Å². The van der Waals surface area contributed by atoms with Gasteiger partial charge in [-0.05, 0) is 49.2 Å². The number of imidazole rings is 1. The second-order valence-electron chi connectivity index (χ2n) is 7.01. The predicted molar refractivity (Wildman–Crippen MR) is 113 cm³/mol. The third-order valence-electron chi connectivity index (χ3n) is 5.12. The summed E-state index contributed by atoms with van der Waals surface area (Å²) in [7, 11) is 1.37. The molecule has 2 aromatic heterocycles. The Bertz CT molecular complexity index is 1280. The highest BCUT2D eigenvalue weighted by molar-refractivity contribution is 5.98. The molecule has 0 saturated carbocycles. The van der Waals surface area contributed by atoms with Gasteiger partial charge in [0.2, 0.25) is 0 Å². The Kier molecular flexibility index (Phi) is 4.65. The van der Waals surface area contributed by atoms with E-state index in [0.717, 1.165) is 33.1 Å². The molecule has 0 unspecified atom stereocenters. The van der Waals surface area contributed by atoms with Gasteiger partial charge in [0, 0.05) is 22.7 Å². The average molecular weight is 384 g/mol. The summed E-state index contributed by atoms with van der Waals surface area (Å²) in [6.07, 6.45) is 3.66. The molecule has 29 heavy (non-hydrogen) atoms. The summed E-state index contributed by atoms with van der Waals surface area (Å²) < 4.78 is 6.62. The first kappa shape index (κ1) is 18.5.